The lowest BCUT2D eigenvalue weighted by Crippen LogP contribution is -2.07. The summed E-state index contributed by atoms with van der Waals surface area (Å²) in [7, 11) is 0. The molecule has 0 amide bonds. The first kappa shape index (κ1) is 22.4. The molecule has 0 aliphatic heterocycles. The van der Waals surface area contributed by atoms with Crippen molar-refractivity contribution in [1.29, 1.82) is 0 Å². The molecule has 0 unspecified atom stereocenters. The van der Waals surface area contributed by atoms with Crippen molar-refractivity contribution in [3.05, 3.63) is 48.2 Å². The largest absolute Gasteiger partial charge is 0.491 e. The molecule has 2 aromatic rings. The van der Waals surface area contributed by atoms with Crippen LogP contribution in [0.25, 0.3) is 11.3 Å². The average molecular weight is 384 g/mol. The zero-order valence-electron chi connectivity index (χ0n) is 17.8. The molecule has 2 rings (SSSR count). The third-order valence-electron chi connectivity index (χ3n) is 4.93. The van der Waals surface area contributed by atoms with Gasteiger partial charge in [-0.2, -0.15) is 0 Å². The molecule has 0 N–H and O–H groups in total. The third kappa shape index (κ3) is 8.88. The molecule has 0 fully saturated rings. The van der Waals surface area contributed by atoms with Crippen molar-refractivity contribution in [3.63, 3.8) is 0 Å². The van der Waals surface area contributed by atoms with Crippen molar-refractivity contribution >= 4 is 0 Å². The number of nitrogens with zero attached hydrogens (tertiary/aromatic N) is 1. The Balaban J connectivity index is 1.71. The molecule has 154 valence electrons. The molecule has 1 heterocycles. The molecule has 3 nitrogen and oxygen atoms in total. The lowest BCUT2D eigenvalue weighted by molar-refractivity contribution is 0.0981. The highest BCUT2D eigenvalue weighted by Gasteiger charge is 2.02. The number of benzene rings is 1. The Morgan fingerprint density at radius 2 is 1.46 bits per heavy atom. The normalized spacial score (nSPS) is 10.9. The molecule has 1 aromatic carbocycles. The maximum Gasteiger partial charge on any atom is 0.119 e. The lowest BCUT2D eigenvalue weighted by Gasteiger charge is -2.08. The third-order valence-corrected chi connectivity index (χ3v) is 4.93. The van der Waals surface area contributed by atoms with Crippen LogP contribution in [0.2, 0.25) is 0 Å². The zero-order chi connectivity index (χ0) is 19.9. The summed E-state index contributed by atoms with van der Waals surface area (Å²) in [5.74, 6) is 0.877. The lowest BCUT2D eigenvalue weighted by atomic mass is 10.1. The van der Waals surface area contributed by atoms with Crippen LogP contribution in [0.1, 0.15) is 70.8 Å². The Bertz CT molecular complexity index is 565. The Hall–Kier alpha value is -1.87. The van der Waals surface area contributed by atoms with Crippen molar-refractivity contribution in [2.45, 2.75) is 71.6 Å². The van der Waals surface area contributed by atoms with E-state index >= 15 is 0 Å². The fraction of sp³-hybridized carbons (Fsp3) is 0.560. The molecular weight excluding hydrogens is 346 g/mol. The van der Waals surface area contributed by atoms with Crippen LogP contribution in [-0.2, 0) is 11.2 Å². The van der Waals surface area contributed by atoms with Crippen LogP contribution in [0, 0.1) is 0 Å². The van der Waals surface area contributed by atoms with Crippen LogP contribution in [0.15, 0.2) is 42.6 Å². The topological polar surface area (TPSA) is 31.4 Å². The van der Waals surface area contributed by atoms with Gasteiger partial charge in [0, 0.05) is 18.4 Å². The van der Waals surface area contributed by atoms with Gasteiger partial charge in [-0.15, -0.1) is 0 Å². The molecular formula is C25H37NO2. The monoisotopic (exact) mass is 383 g/mol. The highest BCUT2D eigenvalue weighted by atomic mass is 16.5. The predicted octanol–water partition coefficient (Wildman–Crippen LogP) is 6.85. The van der Waals surface area contributed by atoms with Gasteiger partial charge in [0.1, 0.15) is 12.4 Å². The first-order valence-electron chi connectivity index (χ1n) is 11.1. The van der Waals surface area contributed by atoms with Gasteiger partial charge in [-0.3, -0.25) is 4.98 Å². The second-order valence-electron chi connectivity index (χ2n) is 7.41. The van der Waals surface area contributed by atoms with E-state index < -0.39 is 0 Å². The van der Waals surface area contributed by atoms with Gasteiger partial charge in [0.15, 0.2) is 0 Å². The second kappa shape index (κ2) is 14.2. The number of ether oxygens (including phenoxy) is 2. The van der Waals surface area contributed by atoms with Gasteiger partial charge in [0.25, 0.3) is 0 Å². The highest BCUT2D eigenvalue weighted by Crippen LogP contribution is 2.21. The average Bonchev–Trinajstić information content (AvgIpc) is 2.74. The first-order chi connectivity index (χ1) is 13.8. The number of unbranched alkanes of at least 4 members (excludes halogenated alkanes) is 6. The number of rotatable bonds is 15. The molecule has 3 heteroatoms. The molecule has 28 heavy (non-hydrogen) atoms. The number of aromatic nitrogens is 1. The number of pyridine rings is 1. The van der Waals surface area contributed by atoms with Gasteiger partial charge in [-0.25, -0.2) is 0 Å². The van der Waals surface area contributed by atoms with Crippen LogP contribution in [0.3, 0.4) is 0 Å². The quantitative estimate of drug-likeness (QED) is 0.315. The molecule has 0 bridgehead atoms. The van der Waals surface area contributed by atoms with Crippen LogP contribution >= 0.6 is 0 Å². The summed E-state index contributed by atoms with van der Waals surface area (Å²) in [5.41, 5.74) is 3.47. The summed E-state index contributed by atoms with van der Waals surface area (Å²) >= 11 is 0. The van der Waals surface area contributed by atoms with E-state index in [0.29, 0.717) is 13.2 Å². The Morgan fingerprint density at radius 3 is 2.18 bits per heavy atom. The van der Waals surface area contributed by atoms with E-state index in [-0.39, 0.29) is 0 Å². The van der Waals surface area contributed by atoms with Crippen LogP contribution in [0.4, 0.5) is 0 Å². The van der Waals surface area contributed by atoms with Gasteiger partial charge in [0.2, 0.25) is 0 Å². The van der Waals surface area contributed by atoms with E-state index in [1.165, 1.54) is 44.1 Å². The molecule has 1 aromatic heterocycles. The fourth-order valence-electron chi connectivity index (χ4n) is 3.14. The van der Waals surface area contributed by atoms with E-state index in [1.807, 2.05) is 18.3 Å². The van der Waals surface area contributed by atoms with Crippen LogP contribution in [-0.4, -0.2) is 24.8 Å². The van der Waals surface area contributed by atoms with E-state index in [0.717, 1.165) is 42.9 Å². The fourth-order valence-corrected chi connectivity index (χ4v) is 3.14. The Labute approximate surface area is 171 Å². The van der Waals surface area contributed by atoms with Gasteiger partial charge in [-0.1, -0.05) is 58.4 Å². The van der Waals surface area contributed by atoms with Gasteiger partial charge >= 0.3 is 0 Å². The molecule has 0 atom stereocenters. The summed E-state index contributed by atoms with van der Waals surface area (Å²) in [4.78, 5) is 4.65. The van der Waals surface area contributed by atoms with Crippen molar-refractivity contribution < 1.29 is 9.47 Å². The summed E-state index contributed by atoms with van der Waals surface area (Å²) < 4.78 is 11.2. The minimum Gasteiger partial charge on any atom is -0.491 e. The van der Waals surface area contributed by atoms with Crippen molar-refractivity contribution in [2.75, 3.05) is 19.8 Å². The van der Waals surface area contributed by atoms with E-state index in [1.54, 1.807) is 0 Å². The summed E-state index contributed by atoms with van der Waals surface area (Å²) in [5, 5.41) is 0. The zero-order valence-corrected chi connectivity index (χ0v) is 17.8. The second-order valence-corrected chi connectivity index (χ2v) is 7.41. The Morgan fingerprint density at radius 1 is 0.714 bits per heavy atom. The maximum atomic E-state index is 5.73. The van der Waals surface area contributed by atoms with E-state index in [2.05, 4.69) is 43.1 Å². The van der Waals surface area contributed by atoms with Crippen molar-refractivity contribution in [3.8, 4) is 17.0 Å². The highest BCUT2D eigenvalue weighted by molar-refractivity contribution is 5.60. The minimum atomic E-state index is 0.592. The molecule has 0 saturated carbocycles. The first-order valence-corrected chi connectivity index (χ1v) is 11.1. The van der Waals surface area contributed by atoms with Gasteiger partial charge < -0.3 is 9.47 Å². The van der Waals surface area contributed by atoms with Crippen molar-refractivity contribution in [2.24, 2.45) is 0 Å². The van der Waals surface area contributed by atoms with Gasteiger partial charge in [0.05, 0.1) is 12.3 Å². The maximum absolute atomic E-state index is 5.73. The van der Waals surface area contributed by atoms with E-state index in [4.69, 9.17) is 9.47 Å². The Kier molecular flexibility index (Phi) is 11.3. The molecule has 0 spiro atoms. The minimum absolute atomic E-state index is 0.592. The number of aryl methyl sites for hydroxylation is 1. The van der Waals surface area contributed by atoms with Crippen LogP contribution in [0.5, 0.6) is 5.75 Å². The molecule has 0 saturated heterocycles. The standard InChI is InChI=1S/C25H37NO2/c1-3-5-7-8-9-10-11-22-12-17-25(26-21-22)23-13-15-24(16-14-23)28-20-19-27-18-6-4-2/h12-17,21H,3-11,18-20H2,1-2H3. The van der Waals surface area contributed by atoms with Crippen LogP contribution < -0.4 is 4.74 Å². The van der Waals surface area contributed by atoms with Crippen molar-refractivity contribution in [1.82, 2.24) is 4.98 Å². The van der Waals surface area contributed by atoms with E-state index in [9.17, 15) is 0 Å². The smallest absolute Gasteiger partial charge is 0.119 e. The molecule has 0 aliphatic rings. The number of hydrogen-bond acceptors (Lipinski definition) is 3. The number of hydrogen-bond donors (Lipinski definition) is 0. The summed E-state index contributed by atoms with van der Waals surface area (Å²) in [6, 6.07) is 12.5. The molecule has 0 radical (unpaired) electrons. The predicted molar refractivity (Wildman–Crippen MR) is 118 cm³/mol. The summed E-state index contributed by atoms with van der Waals surface area (Å²) in [6.45, 7) is 6.48. The SMILES string of the molecule is CCCCCCCCc1ccc(-c2ccc(OCCOCCCC)cc2)nc1. The summed E-state index contributed by atoms with van der Waals surface area (Å²) in [6.07, 6.45) is 13.4. The van der Waals surface area contributed by atoms with Gasteiger partial charge in [-0.05, 0) is 55.2 Å². The molecule has 0 aliphatic carbocycles.